The van der Waals surface area contributed by atoms with Crippen LogP contribution in [0.4, 0.5) is 0 Å². The van der Waals surface area contributed by atoms with Crippen molar-refractivity contribution in [3.63, 3.8) is 0 Å². The highest BCUT2D eigenvalue weighted by Gasteiger charge is 1.57. The molecule has 0 spiro atoms. The summed E-state index contributed by atoms with van der Waals surface area (Å²) in [7, 11) is 0. The Hall–Kier alpha value is 0.680. The van der Waals surface area contributed by atoms with Crippen LogP contribution in [-0.4, -0.2) is 9.86 Å². The van der Waals surface area contributed by atoms with E-state index >= 15 is 0 Å². The number of benzene rings is 1. The third kappa shape index (κ3) is 11.5. The van der Waals surface area contributed by atoms with Gasteiger partial charge in [0.1, 0.15) is 0 Å². The molecule has 0 aliphatic carbocycles. The molecule has 1 aromatic carbocycles. The van der Waals surface area contributed by atoms with Crippen molar-refractivity contribution in [1.29, 1.82) is 0 Å². The average molecular weight is 362 g/mol. The molecule has 0 bridgehead atoms. The molecular formula is C8H12I2. The summed E-state index contributed by atoms with van der Waals surface area (Å²) in [6.45, 7) is 0. The molecule has 58 valence electrons. The van der Waals surface area contributed by atoms with E-state index in [1.165, 1.54) is 0 Å². The van der Waals surface area contributed by atoms with Crippen molar-refractivity contribution in [3.05, 3.63) is 36.4 Å². The summed E-state index contributed by atoms with van der Waals surface area (Å²) in [6.07, 6.45) is 0. The van der Waals surface area contributed by atoms with Gasteiger partial charge in [-0.3, -0.25) is 0 Å². The Labute approximate surface area is 90.7 Å². The predicted molar refractivity (Wildman–Crippen MR) is 66.3 cm³/mol. The SMILES string of the molecule is CI.CI.c1ccccc1. The molecule has 0 aromatic heterocycles. The highest BCUT2D eigenvalue weighted by atomic mass is 127. The van der Waals surface area contributed by atoms with Gasteiger partial charge < -0.3 is 0 Å². The fourth-order valence-corrected chi connectivity index (χ4v) is 0.385. The smallest absolute Gasteiger partial charge is 0.0121 e. The molecule has 0 aliphatic rings. The van der Waals surface area contributed by atoms with Crippen LogP contribution in [0.3, 0.4) is 0 Å². The third-order valence-electron chi connectivity index (χ3n) is 0.667. The predicted octanol–water partition coefficient (Wildman–Crippen LogP) is 3.79. The maximum absolute atomic E-state index is 2.15. The van der Waals surface area contributed by atoms with Crippen LogP contribution in [0.1, 0.15) is 0 Å². The van der Waals surface area contributed by atoms with E-state index in [1.54, 1.807) is 0 Å². The van der Waals surface area contributed by atoms with Gasteiger partial charge in [-0.1, -0.05) is 81.6 Å². The fraction of sp³-hybridized carbons (Fsp3) is 0.250. The van der Waals surface area contributed by atoms with Crippen LogP contribution in [0.15, 0.2) is 36.4 Å². The van der Waals surface area contributed by atoms with Crippen LogP contribution < -0.4 is 0 Å². The van der Waals surface area contributed by atoms with E-state index in [0.717, 1.165) is 0 Å². The van der Waals surface area contributed by atoms with Gasteiger partial charge in [0.2, 0.25) is 0 Å². The average Bonchev–Trinajstić information content (AvgIpc) is 2.14. The Morgan fingerprint density at radius 3 is 0.700 bits per heavy atom. The lowest BCUT2D eigenvalue weighted by Crippen LogP contribution is -1.47. The molecule has 0 unspecified atom stereocenters. The summed E-state index contributed by atoms with van der Waals surface area (Å²) < 4.78 is 0. The molecule has 1 rings (SSSR count). The van der Waals surface area contributed by atoms with E-state index in [2.05, 4.69) is 45.2 Å². The number of rotatable bonds is 0. The Morgan fingerprint density at radius 2 is 0.600 bits per heavy atom. The van der Waals surface area contributed by atoms with Crippen LogP contribution in [0.5, 0.6) is 0 Å². The molecule has 0 N–H and O–H groups in total. The van der Waals surface area contributed by atoms with Gasteiger partial charge in [0.15, 0.2) is 0 Å². The standard InChI is InChI=1S/C6H6.2CH3I/c1-2-4-6-5-3-1;2*1-2/h1-6H;2*1H3. The second-order valence-electron chi connectivity index (χ2n) is 1.15. The zero-order valence-corrected chi connectivity index (χ0v) is 10.5. The minimum Gasteiger partial charge on any atom is -0.0901 e. The van der Waals surface area contributed by atoms with Crippen LogP contribution >= 0.6 is 45.2 Å². The molecule has 0 radical (unpaired) electrons. The highest BCUT2D eigenvalue weighted by molar-refractivity contribution is 14.1. The van der Waals surface area contributed by atoms with E-state index in [1.807, 2.05) is 46.3 Å². The van der Waals surface area contributed by atoms with Crippen LogP contribution in [0.25, 0.3) is 0 Å². The second kappa shape index (κ2) is 16.3. The molecular weight excluding hydrogens is 350 g/mol. The van der Waals surface area contributed by atoms with Crippen LogP contribution in [-0.2, 0) is 0 Å². The van der Waals surface area contributed by atoms with Crippen molar-refractivity contribution in [2.75, 3.05) is 9.86 Å². The first-order valence-electron chi connectivity index (χ1n) is 2.76. The summed E-state index contributed by atoms with van der Waals surface area (Å²) >= 11 is 4.30. The van der Waals surface area contributed by atoms with Gasteiger partial charge in [-0.2, -0.15) is 0 Å². The van der Waals surface area contributed by atoms with Crippen molar-refractivity contribution < 1.29 is 0 Å². The van der Waals surface area contributed by atoms with Gasteiger partial charge >= 0.3 is 0 Å². The van der Waals surface area contributed by atoms with Crippen molar-refractivity contribution >= 4 is 45.2 Å². The quantitative estimate of drug-likeness (QED) is 0.487. The molecule has 0 nitrogen and oxygen atoms in total. The van der Waals surface area contributed by atoms with Crippen LogP contribution in [0, 0.1) is 0 Å². The van der Waals surface area contributed by atoms with Crippen molar-refractivity contribution in [1.82, 2.24) is 0 Å². The largest absolute Gasteiger partial charge is 0.0901 e. The maximum atomic E-state index is 2.15. The zero-order chi connectivity index (χ0) is 8.24. The zero-order valence-electron chi connectivity index (χ0n) is 6.22. The summed E-state index contributed by atoms with van der Waals surface area (Å²) in [5, 5.41) is 0. The summed E-state index contributed by atoms with van der Waals surface area (Å²) in [5.74, 6) is 0. The topological polar surface area (TPSA) is 0 Å². The number of hydrogen-bond acceptors (Lipinski definition) is 0. The summed E-state index contributed by atoms with van der Waals surface area (Å²) in [5.41, 5.74) is 0. The fourth-order valence-electron chi connectivity index (χ4n) is 0.385. The number of hydrogen-bond donors (Lipinski definition) is 0. The first-order chi connectivity index (χ1) is 5.00. The molecule has 0 heterocycles. The molecule has 0 saturated heterocycles. The Morgan fingerprint density at radius 1 is 0.500 bits per heavy atom. The maximum Gasteiger partial charge on any atom is -0.0121 e. The van der Waals surface area contributed by atoms with E-state index in [-0.39, 0.29) is 0 Å². The third-order valence-corrected chi connectivity index (χ3v) is 0.667. The normalized spacial score (nSPS) is 6.00. The molecule has 0 fully saturated rings. The monoisotopic (exact) mass is 362 g/mol. The van der Waals surface area contributed by atoms with E-state index in [4.69, 9.17) is 0 Å². The Bertz CT molecular complexity index is 79.2. The minimum absolute atomic E-state index is 1.97. The first kappa shape index (κ1) is 13.3. The van der Waals surface area contributed by atoms with Gasteiger partial charge in [-0.15, -0.1) is 0 Å². The van der Waals surface area contributed by atoms with Gasteiger partial charge in [-0.05, 0) is 9.86 Å². The van der Waals surface area contributed by atoms with E-state index in [9.17, 15) is 0 Å². The molecule has 1 aromatic rings. The Kier molecular flexibility index (Phi) is 21.7. The van der Waals surface area contributed by atoms with E-state index in [0.29, 0.717) is 0 Å². The van der Waals surface area contributed by atoms with Gasteiger partial charge in [0.05, 0.1) is 0 Å². The number of alkyl halides is 2. The number of halogens is 2. The molecule has 10 heavy (non-hydrogen) atoms. The first-order valence-corrected chi connectivity index (χ1v) is 7.07. The van der Waals surface area contributed by atoms with Crippen molar-refractivity contribution in [2.24, 2.45) is 0 Å². The minimum atomic E-state index is 1.97. The highest BCUT2D eigenvalue weighted by Crippen LogP contribution is 1.79. The molecule has 2 heteroatoms. The van der Waals surface area contributed by atoms with Gasteiger partial charge in [0.25, 0.3) is 0 Å². The second-order valence-corrected chi connectivity index (χ2v) is 1.15. The molecule has 0 saturated carbocycles. The summed E-state index contributed by atoms with van der Waals surface area (Å²) in [6, 6.07) is 12.0. The van der Waals surface area contributed by atoms with Gasteiger partial charge in [-0.25, -0.2) is 0 Å². The summed E-state index contributed by atoms with van der Waals surface area (Å²) in [4.78, 5) is 3.94. The molecule has 0 atom stereocenters. The van der Waals surface area contributed by atoms with E-state index < -0.39 is 0 Å². The van der Waals surface area contributed by atoms with Crippen molar-refractivity contribution in [2.45, 2.75) is 0 Å². The van der Waals surface area contributed by atoms with Crippen LogP contribution in [0.2, 0.25) is 0 Å². The molecule has 0 amide bonds. The van der Waals surface area contributed by atoms with Gasteiger partial charge in [0, 0.05) is 0 Å². The lowest BCUT2D eigenvalue weighted by atomic mass is 10.4. The Balaban J connectivity index is 0. The van der Waals surface area contributed by atoms with Crippen molar-refractivity contribution in [3.8, 4) is 0 Å². The lowest BCUT2D eigenvalue weighted by molar-refractivity contribution is 1.72. The lowest BCUT2D eigenvalue weighted by Gasteiger charge is -1.69. The molecule has 0 aliphatic heterocycles.